The molecule has 2 heterocycles. The summed E-state index contributed by atoms with van der Waals surface area (Å²) in [4.78, 5) is 18.7. The zero-order valence-electron chi connectivity index (χ0n) is 12.8. The highest BCUT2D eigenvalue weighted by atomic mass is 16.3. The van der Waals surface area contributed by atoms with Gasteiger partial charge in [0.1, 0.15) is 6.26 Å². The molecule has 3 rings (SSSR count). The Hall–Kier alpha value is -2.14. The van der Waals surface area contributed by atoms with Crippen LogP contribution in [0.3, 0.4) is 0 Å². The minimum absolute atomic E-state index is 0.167. The fourth-order valence-corrected chi connectivity index (χ4v) is 2.86. The summed E-state index contributed by atoms with van der Waals surface area (Å²) in [7, 11) is 2.12. The first-order chi connectivity index (χ1) is 10.7. The Bertz CT molecular complexity index is 624. The number of carbonyl (C=O) groups excluding carboxylic acids is 1. The van der Waals surface area contributed by atoms with Crippen LogP contribution in [0.4, 0.5) is 0 Å². The topological polar surface area (TPSA) is 58.4 Å². The number of oxazole rings is 1. The number of likely N-dealkylation sites (tertiary alicyclic amines) is 1. The monoisotopic (exact) mass is 299 g/mol. The summed E-state index contributed by atoms with van der Waals surface area (Å²) in [5.74, 6) is 0.825. The van der Waals surface area contributed by atoms with Gasteiger partial charge in [-0.1, -0.05) is 18.2 Å². The van der Waals surface area contributed by atoms with Gasteiger partial charge in [-0.2, -0.15) is 0 Å². The third kappa shape index (κ3) is 3.54. The summed E-state index contributed by atoms with van der Waals surface area (Å²) in [6.45, 7) is 2.87. The predicted molar refractivity (Wildman–Crippen MR) is 84.5 cm³/mol. The van der Waals surface area contributed by atoms with E-state index in [1.165, 1.54) is 19.1 Å². The lowest BCUT2D eigenvalue weighted by Crippen LogP contribution is -2.39. The highest BCUT2D eigenvalue weighted by molar-refractivity contribution is 5.92. The van der Waals surface area contributed by atoms with Gasteiger partial charge >= 0.3 is 0 Å². The standard InChI is InChI=1S/C17H21N3O2/c1-20-9-5-6-13(11-20)10-18-16(21)15-12-22-17(19-15)14-7-3-2-4-8-14/h2-4,7-8,12-13H,5-6,9-11H2,1H3,(H,18,21). The number of piperidine rings is 1. The van der Waals surface area contributed by atoms with Crippen molar-refractivity contribution in [1.82, 2.24) is 15.2 Å². The van der Waals surface area contributed by atoms with Crippen LogP contribution in [0.15, 0.2) is 41.0 Å². The van der Waals surface area contributed by atoms with E-state index in [-0.39, 0.29) is 5.91 Å². The molecule has 0 bridgehead atoms. The third-order valence-electron chi connectivity index (χ3n) is 4.03. The molecule has 0 radical (unpaired) electrons. The first-order valence-electron chi connectivity index (χ1n) is 7.70. The Morgan fingerprint density at radius 1 is 1.41 bits per heavy atom. The number of benzene rings is 1. The smallest absolute Gasteiger partial charge is 0.273 e. The highest BCUT2D eigenvalue weighted by Gasteiger charge is 2.19. The third-order valence-corrected chi connectivity index (χ3v) is 4.03. The van der Waals surface area contributed by atoms with Crippen LogP contribution in [0.25, 0.3) is 11.5 Å². The molecule has 0 spiro atoms. The van der Waals surface area contributed by atoms with Gasteiger partial charge < -0.3 is 14.6 Å². The van der Waals surface area contributed by atoms with Gasteiger partial charge in [-0.3, -0.25) is 4.79 Å². The number of aromatic nitrogens is 1. The highest BCUT2D eigenvalue weighted by Crippen LogP contribution is 2.18. The number of amides is 1. The summed E-state index contributed by atoms with van der Waals surface area (Å²) >= 11 is 0. The second-order valence-corrected chi connectivity index (χ2v) is 5.88. The van der Waals surface area contributed by atoms with Crippen molar-refractivity contribution >= 4 is 5.91 Å². The molecule has 116 valence electrons. The molecule has 1 unspecified atom stereocenters. The second-order valence-electron chi connectivity index (χ2n) is 5.88. The van der Waals surface area contributed by atoms with Crippen molar-refractivity contribution in [2.75, 3.05) is 26.7 Å². The van der Waals surface area contributed by atoms with E-state index in [4.69, 9.17) is 4.42 Å². The SMILES string of the molecule is CN1CCCC(CNC(=O)c2coc(-c3ccccc3)n2)C1. The normalized spacial score (nSPS) is 19.0. The molecule has 22 heavy (non-hydrogen) atoms. The molecule has 1 aromatic heterocycles. The van der Waals surface area contributed by atoms with Crippen molar-refractivity contribution in [3.63, 3.8) is 0 Å². The van der Waals surface area contributed by atoms with Gasteiger partial charge in [-0.05, 0) is 44.5 Å². The molecule has 5 nitrogen and oxygen atoms in total. The quantitative estimate of drug-likeness (QED) is 0.942. The van der Waals surface area contributed by atoms with Crippen molar-refractivity contribution in [2.45, 2.75) is 12.8 Å². The fraction of sp³-hybridized carbons (Fsp3) is 0.412. The van der Waals surface area contributed by atoms with Gasteiger partial charge in [-0.25, -0.2) is 4.98 Å². The molecule has 1 saturated heterocycles. The molecule has 5 heteroatoms. The Balaban J connectivity index is 1.58. The Kier molecular flexibility index (Phi) is 4.53. The van der Waals surface area contributed by atoms with E-state index in [2.05, 4.69) is 22.2 Å². The number of carbonyl (C=O) groups is 1. The van der Waals surface area contributed by atoms with Crippen LogP contribution in [0, 0.1) is 5.92 Å². The van der Waals surface area contributed by atoms with Crippen molar-refractivity contribution < 1.29 is 9.21 Å². The van der Waals surface area contributed by atoms with Gasteiger partial charge in [0.25, 0.3) is 5.91 Å². The number of nitrogens with zero attached hydrogens (tertiary/aromatic N) is 2. The van der Waals surface area contributed by atoms with Crippen LogP contribution < -0.4 is 5.32 Å². The zero-order chi connectivity index (χ0) is 15.4. The summed E-state index contributed by atoms with van der Waals surface area (Å²) < 4.78 is 5.40. The van der Waals surface area contributed by atoms with Crippen LogP contribution >= 0.6 is 0 Å². The zero-order valence-corrected chi connectivity index (χ0v) is 12.8. The van der Waals surface area contributed by atoms with Gasteiger partial charge in [-0.15, -0.1) is 0 Å². The molecule has 1 aliphatic rings. The molecule has 1 fully saturated rings. The summed E-state index contributed by atoms with van der Waals surface area (Å²) in [5.41, 5.74) is 1.21. The van der Waals surface area contributed by atoms with Crippen molar-refractivity contribution in [1.29, 1.82) is 0 Å². The van der Waals surface area contributed by atoms with Crippen molar-refractivity contribution in [3.05, 3.63) is 42.3 Å². The van der Waals surface area contributed by atoms with Crippen LogP contribution in [0.2, 0.25) is 0 Å². The first-order valence-corrected chi connectivity index (χ1v) is 7.70. The molecule has 0 aliphatic carbocycles. The Labute approximate surface area is 130 Å². The molecular formula is C17H21N3O2. The fourth-order valence-electron chi connectivity index (χ4n) is 2.86. The van der Waals surface area contributed by atoms with E-state index < -0.39 is 0 Å². The van der Waals surface area contributed by atoms with Gasteiger partial charge in [0.05, 0.1) is 0 Å². The number of hydrogen-bond acceptors (Lipinski definition) is 4. The van der Waals surface area contributed by atoms with Crippen LogP contribution in [-0.2, 0) is 0 Å². The Morgan fingerprint density at radius 2 is 2.23 bits per heavy atom. The predicted octanol–water partition coefficient (Wildman–Crippen LogP) is 2.41. The average molecular weight is 299 g/mol. The molecule has 1 atom stereocenters. The summed E-state index contributed by atoms with van der Waals surface area (Å²) in [6.07, 6.45) is 3.78. The van der Waals surface area contributed by atoms with Gasteiger partial charge in [0.15, 0.2) is 5.69 Å². The molecular weight excluding hydrogens is 278 g/mol. The molecule has 2 aromatic rings. The maximum atomic E-state index is 12.2. The molecule has 1 amide bonds. The largest absolute Gasteiger partial charge is 0.444 e. The van der Waals surface area contributed by atoms with Gasteiger partial charge in [0, 0.05) is 18.7 Å². The lowest BCUT2D eigenvalue weighted by Gasteiger charge is -2.29. The van der Waals surface area contributed by atoms with E-state index in [1.807, 2.05) is 30.3 Å². The second kappa shape index (κ2) is 6.75. The maximum absolute atomic E-state index is 12.2. The van der Waals surface area contributed by atoms with Crippen molar-refractivity contribution in [3.8, 4) is 11.5 Å². The molecule has 0 saturated carbocycles. The van der Waals surface area contributed by atoms with Crippen molar-refractivity contribution in [2.24, 2.45) is 5.92 Å². The van der Waals surface area contributed by atoms with E-state index in [1.54, 1.807) is 0 Å². The lowest BCUT2D eigenvalue weighted by atomic mass is 9.98. The lowest BCUT2D eigenvalue weighted by molar-refractivity contribution is 0.0932. The minimum Gasteiger partial charge on any atom is -0.444 e. The van der Waals surface area contributed by atoms with Crippen LogP contribution in [-0.4, -0.2) is 42.5 Å². The Morgan fingerprint density at radius 3 is 3.00 bits per heavy atom. The minimum atomic E-state index is -0.167. The van der Waals surface area contributed by atoms with E-state index >= 15 is 0 Å². The van der Waals surface area contributed by atoms with Gasteiger partial charge in [0.2, 0.25) is 5.89 Å². The average Bonchev–Trinajstić information content (AvgIpc) is 3.04. The van der Waals surface area contributed by atoms with Crippen LogP contribution in [0.5, 0.6) is 0 Å². The van der Waals surface area contributed by atoms with Crippen LogP contribution in [0.1, 0.15) is 23.3 Å². The number of hydrogen-bond donors (Lipinski definition) is 1. The summed E-state index contributed by atoms with van der Waals surface area (Å²) in [6, 6.07) is 9.58. The van der Waals surface area contributed by atoms with E-state index in [9.17, 15) is 4.79 Å². The van der Waals surface area contributed by atoms with E-state index in [0.29, 0.717) is 24.0 Å². The maximum Gasteiger partial charge on any atom is 0.273 e. The first kappa shape index (κ1) is 14.8. The molecule has 1 aliphatic heterocycles. The molecule has 1 aromatic carbocycles. The summed E-state index contributed by atoms with van der Waals surface area (Å²) in [5, 5.41) is 2.97. The molecule has 1 N–H and O–H groups in total. The van der Waals surface area contributed by atoms with E-state index in [0.717, 1.165) is 18.7 Å². The number of nitrogens with one attached hydrogen (secondary N) is 1. The number of rotatable bonds is 4.